The first-order valence-corrected chi connectivity index (χ1v) is 3.13. The molecule has 1 aromatic rings. The van der Waals surface area contributed by atoms with Crippen molar-refractivity contribution in [2.75, 3.05) is 5.43 Å². The van der Waals surface area contributed by atoms with Crippen molar-refractivity contribution in [3.05, 3.63) is 29.8 Å². The lowest BCUT2D eigenvalue weighted by Crippen LogP contribution is -2.10. The van der Waals surface area contributed by atoms with Crippen molar-refractivity contribution in [2.24, 2.45) is 11.6 Å². The van der Waals surface area contributed by atoms with E-state index in [1.54, 1.807) is 0 Å². The summed E-state index contributed by atoms with van der Waals surface area (Å²) in [4.78, 5) is 0. The third kappa shape index (κ3) is 1.26. The lowest BCUT2D eigenvalue weighted by Gasteiger charge is -2.04. The van der Waals surface area contributed by atoms with Crippen LogP contribution in [-0.2, 0) is 6.54 Å². The molecular formula is C7H11N3. The molecule has 5 N–H and O–H groups in total. The molecule has 0 spiro atoms. The van der Waals surface area contributed by atoms with Gasteiger partial charge < -0.3 is 11.2 Å². The minimum Gasteiger partial charge on any atom is -0.326 e. The molecule has 0 aromatic heterocycles. The van der Waals surface area contributed by atoms with Gasteiger partial charge in [-0.25, -0.2) is 0 Å². The largest absolute Gasteiger partial charge is 0.326 e. The second-order valence-electron chi connectivity index (χ2n) is 2.01. The van der Waals surface area contributed by atoms with Crippen molar-refractivity contribution in [1.29, 1.82) is 0 Å². The van der Waals surface area contributed by atoms with Crippen molar-refractivity contribution in [3.63, 3.8) is 0 Å². The molecule has 54 valence electrons. The highest BCUT2D eigenvalue weighted by Gasteiger charge is 1.94. The third-order valence-corrected chi connectivity index (χ3v) is 1.39. The molecule has 3 heteroatoms. The first-order valence-electron chi connectivity index (χ1n) is 3.13. The van der Waals surface area contributed by atoms with Crippen LogP contribution in [0, 0.1) is 0 Å². The van der Waals surface area contributed by atoms with E-state index in [1.807, 2.05) is 24.3 Å². The Morgan fingerprint density at radius 1 is 1.30 bits per heavy atom. The van der Waals surface area contributed by atoms with Gasteiger partial charge in [0.05, 0.1) is 5.69 Å². The predicted octanol–water partition coefficient (Wildman–Crippen LogP) is 0.431. The molecule has 1 aromatic carbocycles. The lowest BCUT2D eigenvalue weighted by atomic mass is 10.2. The van der Waals surface area contributed by atoms with Crippen molar-refractivity contribution < 1.29 is 0 Å². The summed E-state index contributed by atoms with van der Waals surface area (Å²) in [5, 5.41) is 0. The number of hydrogen-bond donors (Lipinski definition) is 3. The highest BCUT2D eigenvalue weighted by atomic mass is 15.2. The molecule has 0 unspecified atom stereocenters. The lowest BCUT2D eigenvalue weighted by molar-refractivity contribution is 1.07. The summed E-state index contributed by atoms with van der Waals surface area (Å²) in [6, 6.07) is 7.68. The Bertz CT molecular complexity index is 187. The van der Waals surface area contributed by atoms with E-state index < -0.39 is 0 Å². The van der Waals surface area contributed by atoms with Crippen LogP contribution in [0.4, 0.5) is 5.69 Å². The first-order chi connectivity index (χ1) is 4.88. The van der Waals surface area contributed by atoms with Gasteiger partial charge in [-0.15, -0.1) is 0 Å². The van der Waals surface area contributed by atoms with Gasteiger partial charge in [-0.05, 0) is 11.6 Å². The van der Waals surface area contributed by atoms with Crippen molar-refractivity contribution in [1.82, 2.24) is 0 Å². The average molecular weight is 137 g/mol. The number of hydrazine groups is 1. The predicted molar refractivity (Wildman–Crippen MR) is 42.1 cm³/mol. The molecule has 0 fully saturated rings. The molecule has 0 aliphatic rings. The summed E-state index contributed by atoms with van der Waals surface area (Å²) in [5.74, 6) is 5.22. The van der Waals surface area contributed by atoms with E-state index in [-0.39, 0.29) is 0 Å². The summed E-state index contributed by atoms with van der Waals surface area (Å²) < 4.78 is 0. The Labute approximate surface area is 60.0 Å². The fraction of sp³-hybridized carbons (Fsp3) is 0.143. The molecule has 0 heterocycles. The number of nitrogen functional groups attached to an aromatic ring is 1. The first kappa shape index (κ1) is 7.05. The maximum Gasteiger partial charge on any atom is 0.0529 e. The van der Waals surface area contributed by atoms with Crippen LogP contribution in [0.15, 0.2) is 24.3 Å². The fourth-order valence-corrected chi connectivity index (χ4v) is 0.839. The molecule has 0 atom stereocenters. The second-order valence-corrected chi connectivity index (χ2v) is 2.01. The van der Waals surface area contributed by atoms with Crippen LogP contribution in [0.2, 0.25) is 0 Å². The SMILES string of the molecule is NCc1ccccc1NN. The summed E-state index contributed by atoms with van der Waals surface area (Å²) in [6.07, 6.45) is 0. The van der Waals surface area contributed by atoms with Gasteiger partial charge in [-0.3, -0.25) is 5.84 Å². The van der Waals surface area contributed by atoms with Gasteiger partial charge >= 0.3 is 0 Å². The van der Waals surface area contributed by atoms with E-state index in [2.05, 4.69) is 5.43 Å². The molecule has 0 radical (unpaired) electrons. The summed E-state index contributed by atoms with van der Waals surface area (Å²) in [7, 11) is 0. The van der Waals surface area contributed by atoms with E-state index in [4.69, 9.17) is 11.6 Å². The zero-order chi connectivity index (χ0) is 7.40. The summed E-state index contributed by atoms with van der Waals surface area (Å²) >= 11 is 0. The molecular weight excluding hydrogens is 126 g/mol. The van der Waals surface area contributed by atoms with Crippen molar-refractivity contribution >= 4 is 5.69 Å². The van der Waals surface area contributed by atoms with Gasteiger partial charge in [0.25, 0.3) is 0 Å². The Kier molecular flexibility index (Phi) is 2.25. The van der Waals surface area contributed by atoms with E-state index in [0.717, 1.165) is 11.3 Å². The van der Waals surface area contributed by atoms with Gasteiger partial charge in [0, 0.05) is 6.54 Å². The minimum absolute atomic E-state index is 0.514. The van der Waals surface area contributed by atoms with Gasteiger partial charge in [-0.1, -0.05) is 18.2 Å². The van der Waals surface area contributed by atoms with Crippen molar-refractivity contribution in [3.8, 4) is 0 Å². The van der Waals surface area contributed by atoms with E-state index >= 15 is 0 Å². The molecule has 3 nitrogen and oxygen atoms in total. The number of para-hydroxylation sites is 1. The number of anilines is 1. The Morgan fingerprint density at radius 2 is 2.00 bits per heavy atom. The van der Waals surface area contributed by atoms with Crippen LogP contribution >= 0.6 is 0 Å². The molecule has 0 aliphatic carbocycles. The van der Waals surface area contributed by atoms with Crippen LogP contribution in [-0.4, -0.2) is 0 Å². The molecule has 0 saturated carbocycles. The molecule has 0 aliphatic heterocycles. The monoisotopic (exact) mass is 137 g/mol. The Hall–Kier alpha value is -1.06. The van der Waals surface area contributed by atoms with E-state index in [1.165, 1.54) is 0 Å². The zero-order valence-corrected chi connectivity index (χ0v) is 5.67. The quantitative estimate of drug-likeness (QED) is 0.409. The fourth-order valence-electron chi connectivity index (χ4n) is 0.839. The van der Waals surface area contributed by atoms with Crippen LogP contribution in [0.3, 0.4) is 0 Å². The maximum absolute atomic E-state index is 5.43. The van der Waals surface area contributed by atoms with Gasteiger partial charge in [0.2, 0.25) is 0 Å². The molecule has 10 heavy (non-hydrogen) atoms. The van der Waals surface area contributed by atoms with Crippen LogP contribution in [0.5, 0.6) is 0 Å². The van der Waals surface area contributed by atoms with E-state index in [9.17, 15) is 0 Å². The van der Waals surface area contributed by atoms with Gasteiger partial charge in [0.1, 0.15) is 0 Å². The van der Waals surface area contributed by atoms with Gasteiger partial charge in [0.15, 0.2) is 0 Å². The second kappa shape index (κ2) is 3.20. The van der Waals surface area contributed by atoms with Crippen molar-refractivity contribution in [2.45, 2.75) is 6.54 Å². The molecule has 0 bridgehead atoms. The zero-order valence-electron chi connectivity index (χ0n) is 5.67. The summed E-state index contributed by atoms with van der Waals surface area (Å²) in [6.45, 7) is 0.514. The Balaban J connectivity index is 2.96. The van der Waals surface area contributed by atoms with Crippen LogP contribution in [0.1, 0.15) is 5.56 Å². The molecule has 0 amide bonds. The topological polar surface area (TPSA) is 64.1 Å². The number of nitrogens with one attached hydrogen (secondary N) is 1. The van der Waals surface area contributed by atoms with Crippen LogP contribution < -0.4 is 17.0 Å². The van der Waals surface area contributed by atoms with Gasteiger partial charge in [-0.2, -0.15) is 0 Å². The minimum atomic E-state index is 0.514. The maximum atomic E-state index is 5.43. The third-order valence-electron chi connectivity index (χ3n) is 1.39. The Morgan fingerprint density at radius 3 is 2.50 bits per heavy atom. The number of benzene rings is 1. The highest BCUT2D eigenvalue weighted by molar-refractivity contribution is 5.49. The number of rotatable bonds is 2. The van der Waals surface area contributed by atoms with E-state index in [0.29, 0.717) is 6.54 Å². The average Bonchev–Trinajstić information content (AvgIpc) is 2.04. The normalized spacial score (nSPS) is 9.40. The number of nitrogens with two attached hydrogens (primary N) is 2. The molecule has 0 saturated heterocycles. The highest BCUT2D eigenvalue weighted by Crippen LogP contribution is 2.11. The van der Waals surface area contributed by atoms with Crippen LogP contribution in [0.25, 0.3) is 0 Å². The molecule has 1 rings (SSSR count). The smallest absolute Gasteiger partial charge is 0.0529 e. The standard InChI is InChI=1S/C7H11N3/c8-5-6-3-1-2-4-7(6)10-9/h1-4,10H,5,8-9H2. The summed E-state index contributed by atoms with van der Waals surface area (Å²) in [5.41, 5.74) is 9.92. The number of hydrogen-bond acceptors (Lipinski definition) is 3.